The Morgan fingerprint density at radius 3 is 1.00 bits per heavy atom. The van der Waals surface area contributed by atoms with Crippen LogP contribution in [0.5, 0.6) is 0 Å². The van der Waals surface area contributed by atoms with Gasteiger partial charge in [0.05, 0.1) is 25.4 Å². The van der Waals surface area contributed by atoms with Crippen LogP contribution in [0.2, 0.25) is 0 Å². The third-order valence-electron chi connectivity index (χ3n) is 15.1. The molecule has 0 saturated heterocycles. The maximum absolute atomic E-state index is 12.5. The number of unbranched alkanes of at least 4 members (excludes halogenated alkanes) is 46. The molecule has 0 saturated carbocycles. The van der Waals surface area contributed by atoms with Crippen molar-refractivity contribution >= 4 is 11.9 Å². The molecule has 0 rings (SSSR count). The standard InChI is InChI=1S/C67H127NO5/c1-3-5-7-9-11-13-15-17-18-19-27-30-33-36-39-43-47-51-55-59-65(70)64(63-69)68-66(71)60-56-52-48-44-40-37-34-31-28-25-23-21-20-22-24-26-29-32-35-38-42-46-50-54-58-62-73-67(72)61-57-53-49-45-41-16-14-12-10-8-6-4-2/h12,14,21,23,55,59,64-65,69-70H,3-11,13,15-20,22,24-54,56-58,60-63H2,1-2H3,(H,68,71)/b14-12-,23-21-,59-55+. The summed E-state index contributed by atoms with van der Waals surface area (Å²) >= 11 is 0. The molecule has 0 bridgehead atoms. The smallest absolute Gasteiger partial charge is 0.305 e. The Hall–Kier alpha value is -1.92. The Bertz CT molecular complexity index is 1180. The molecule has 0 aliphatic rings. The van der Waals surface area contributed by atoms with Crippen LogP contribution in [-0.4, -0.2) is 47.4 Å². The zero-order valence-electron chi connectivity index (χ0n) is 49.1. The lowest BCUT2D eigenvalue weighted by molar-refractivity contribution is -0.143. The van der Waals surface area contributed by atoms with E-state index in [1.807, 2.05) is 6.08 Å². The molecule has 0 aromatic heterocycles. The highest BCUT2D eigenvalue weighted by Gasteiger charge is 2.18. The Morgan fingerprint density at radius 1 is 0.370 bits per heavy atom. The molecule has 0 aromatic rings. The number of esters is 1. The molecule has 0 aromatic carbocycles. The van der Waals surface area contributed by atoms with Crippen LogP contribution in [0.4, 0.5) is 0 Å². The summed E-state index contributed by atoms with van der Waals surface area (Å²) in [6.45, 7) is 4.90. The SMILES string of the molecule is CCCCC/C=C\CCCCCCCC(=O)OCCCCCCCCCCCCCC/C=C\CCCCCCCCCCCC(=O)NC(CO)C(O)/C=C/CCCCCCCCCCCCCCCCCCC. The first-order valence-corrected chi connectivity index (χ1v) is 32.8. The summed E-state index contributed by atoms with van der Waals surface area (Å²) in [5.74, 6) is -0.0655. The molecular weight excluding hydrogens is 899 g/mol. The molecule has 6 heteroatoms. The highest BCUT2D eigenvalue weighted by atomic mass is 16.5. The van der Waals surface area contributed by atoms with Crippen LogP contribution in [0, 0.1) is 0 Å². The van der Waals surface area contributed by atoms with Gasteiger partial charge in [0, 0.05) is 12.8 Å². The number of ether oxygens (including phenoxy) is 1. The van der Waals surface area contributed by atoms with Crippen LogP contribution >= 0.6 is 0 Å². The van der Waals surface area contributed by atoms with Crippen LogP contribution < -0.4 is 5.32 Å². The van der Waals surface area contributed by atoms with Gasteiger partial charge >= 0.3 is 5.97 Å². The van der Waals surface area contributed by atoms with Crippen LogP contribution in [0.15, 0.2) is 36.5 Å². The third kappa shape index (κ3) is 59.2. The first-order chi connectivity index (χ1) is 36.0. The molecule has 0 aliphatic heterocycles. The van der Waals surface area contributed by atoms with Gasteiger partial charge in [-0.15, -0.1) is 0 Å². The number of allylic oxidation sites excluding steroid dienone is 5. The van der Waals surface area contributed by atoms with E-state index >= 15 is 0 Å². The van der Waals surface area contributed by atoms with Crippen molar-refractivity contribution in [3.63, 3.8) is 0 Å². The second kappa shape index (κ2) is 62.6. The molecule has 430 valence electrons. The minimum absolute atomic E-state index is 0.00302. The number of hydrogen-bond donors (Lipinski definition) is 3. The molecule has 2 unspecified atom stereocenters. The topological polar surface area (TPSA) is 95.9 Å². The lowest BCUT2D eigenvalue weighted by Crippen LogP contribution is -2.45. The molecule has 1 amide bonds. The van der Waals surface area contributed by atoms with E-state index in [4.69, 9.17) is 4.74 Å². The van der Waals surface area contributed by atoms with Crippen LogP contribution in [0.1, 0.15) is 354 Å². The summed E-state index contributed by atoms with van der Waals surface area (Å²) in [6.07, 6.45) is 79.1. The third-order valence-corrected chi connectivity index (χ3v) is 15.1. The number of amides is 1. The summed E-state index contributed by atoms with van der Waals surface area (Å²) in [4.78, 5) is 24.5. The fourth-order valence-electron chi connectivity index (χ4n) is 10.1. The fourth-order valence-corrected chi connectivity index (χ4v) is 10.1. The van der Waals surface area contributed by atoms with E-state index in [-0.39, 0.29) is 18.5 Å². The van der Waals surface area contributed by atoms with Gasteiger partial charge in [0.25, 0.3) is 0 Å². The first kappa shape index (κ1) is 71.1. The van der Waals surface area contributed by atoms with E-state index in [1.54, 1.807) is 6.08 Å². The molecule has 0 heterocycles. The van der Waals surface area contributed by atoms with E-state index in [9.17, 15) is 19.8 Å². The van der Waals surface area contributed by atoms with Gasteiger partial charge in [-0.1, -0.05) is 294 Å². The minimum atomic E-state index is -0.847. The summed E-state index contributed by atoms with van der Waals surface area (Å²) in [5, 5.41) is 23.2. The number of aliphatic hydroxyl groups is 2. The van der Waals surface area contributed by atoms with Gasteiger partial charge in [-0.25, -0.2) is 0 Å². The molecule has 2 atom stereocenters. The quantitative estimate of drug-likeness (QED) is 0.0320. The van der Waals surface area contributed by atoms with E-state index < -0.39 is 12.1 Å². The van der Waals surface area contributed by atoms with Crippen LogP contribution in [-0.2, 0) is 14.3 Å². The lowest BCUT2D eigenvalue weighted by atomic mass is 10.0. The van der Waals surface area contributed by atoms with Crippen molar-refractivity contribution in [2.24, 2.45) is 0 Å². The largest absolute Gasteiger partial charge is 0.466 e. The average Bonchev–Trinajstić information content (AvgIpc) is 3.39. The number of hydrogen-bond acceptors (Lipinski definition) is 5. The van der Waals surface area contributed by atoms with E-state index in [1.165, 1.54) is 283 Å². The molecule has 0 aliphatic carbocycles. The van der Waals surface area contributed by atoms with Gasteiger partial charge in [-0.05, 0) is 83.5 Å². The Morgan fingerprint density at radius 2 is 0.644 bits per heavy atom. The molecule has 0 spiro atoms. The molecule has 3 N–H and O–H groups in total. The second-order valence-corrected chi connectivity index (χ2v) is 22.4. The van der Waals surface area contributed by atoms with Crippen molar-refractivity contribution in [3.05, 3.63) is 36.5 Å². The van der Waals surface area contributed by atoms with Crippen molar-refractivity contribution in [2.75, 3.05) is 13.2 Å². The minimum Gasteiger partial charge on any atom is -0.466 e. The van der Waals surface area contributed by atoms with Crippen molar-refractivity contribution in [2.45, 2.75) is 366 Å². The van der Waals surface area contributed by atoms with Gasteiger partial charge in [0.15, 0.2) is 0 Å². The predicted octanol–water partition coefficient (Wildman–Crippen LogP) is 20.8. The predicted molar refractivity (Wildman–Crippen MR) is 319 cm³/mol. The summed E-state index contributed by atoms with van der Waals surface area (Å²) in [6, 6.07) is -0.631. The number of nitrogens with one attached hydrogen (secondary N) is 1. The van der Waals surface area contributed by atoms with E-state index in [0.717, 1.165) is 44.9 Å². The maximum atomic E-state index is 12.5. The molecule has 0 fully saturated rings. The van der Waals surface area contributed by atoms with Gasteiger partial charge in [0.1, 0.15) is 0 Å². The van der Waals surface area contributed by atoms with Crippen LogP contribution in [0.3, 0.4) is 0 Å². The zero-order chi connectivity index (χ0) is 52.9. The lowest BCUT2D eigenvalue weighted by Gasteiger charge is -2.20. The van der Waals surface area contributed by atoms with Crippen molar-refractivity contribution in [1.82, 2.24) is 5.32 Å². The summed E-state index contributed by atoms with van der Waals surface area (Å²) in [7, 11) is 0. The molecule has 0 radical (unpaired) electrons. The zero-order valence-corrected chi connectivity index (χ0v) is 49.1. The van der Waals surface area contributed by atoms with Gasteiger partial charge < -0.3 is 20.3 Å². The van der Waals surface area contributed by atoms with Gasteiger partial charge in [0.2, 0.25) is 5.91 Å². The normalized spacial score (nSPS) is 12.8. The molecule has 73 heavy (non-hydrogen) atoms. The molecule has 6 nitrogen and oxygen atoms in total. The maximum Gasteiger partial charge on any atom is 0.305 e. The van der Waals surface area contributed by atoms with Crippen molar-refractivity contribution in [3.8, 4) is 0 Å². The first-order valence-electron chi connectivity index (χ1n) is 32.8. The number of carbonyl (C=O) groups is 2. The Labute approximate surface area is 455 Å². The monoisotopic (exact) mass is 1030 g/mol. The average molecular weight is 1030 g/mol. The number of rotatable bonds is 61. The molecular formula is C67H127NO5. The van der Waals surface area contributed by atoms with Crippen molar-refractivity contribution in [1.29, 1.82) is 0 Å². The van der Waals surface area contributed by atoms with Gasteiger partial charge in [-0.2, -0.15) is 0 Å². The highest BCUT2D eigenvalue weighted by molar-refractivity contribution is 5.76. The summed E-state index contributed by atoms with van der Waals surface area (Å²) < 4.78 is 5.47. The fraction of sp³-hybridized carbons (Fsp3) is 0.881. The van der Waals surface area contributed by atoms with Crippen LogP contribution in [0.25, 0.3) is 0 Å². The van der Waals surface area contributed by atoms with E-state index in [2.05, 4.69) is 43.5 Å². The van der Waals surface area contributed by atoms with Gasteiger partial charge in [-0.3, -0.25) is 9.59 Å². The Balaban J connectivity index is 3.43. The number of aliphatic hydroxyl groups excluding tert-OH is 2. The van der Waals surface area contributed by atoms with Crippen molar-refractivity contribution < 1.29 is 24.5 Å². The highest BCUT2D eigenvalue weighted by Crippen LogP contribution is 2.17. The number of carbonyl (C=O) groups excluding carboxylic acids is 2. The summed E-state index contributed by atoms with van der Waals surface area (Å²) in [5.41, 5.74) is 0. The Kier molecular flexibility index (Phi) is 61.0. The van der Waals surface area contributed by atoms with E-state index in [0.29, 0.717) is 19.4 Å². The second-order valence-electron chi connectivity index (χ2n) is 22.4.